The Morgan fingerprint density at radius 3 is 2.62 bits per heavy atom. The number of nitrogens with zero attached hydrogens (tertiary/aromatic N) is 1. The molecule has 0 unspecified atom stereocenters. The van der Waals surface area contributed by atoms with E-state index in [1.165, 1.54) is 17.5 Å². The van der Waals surface area contributed by atoms with Crippen LogP contribution in [0.25, 0.3) is 0 Å². The van der Waals surface area contributed by atoms with Gasteiger partial charge in [-0.15, -0.1) is 11.3 Å². The number of thiophene rings is 1. The Morgan fingerprint density at radius 2 is 2.05 bits per heavy atom. The van der Waals surface area contributed by atoms with Crippen molar-refractivity contribution in [2.75, 3.05) is 33.3 Å². The van der Waals surface area contributed by atoms with E-state index in [0.717, 1.165) is 24.4 Å². The minimum absolute atomic E-state index is 0.154. The third-order valence-electron chi connectivity index (χ3n) is 4.02. The second-order valence-electron chi connectivity index (χ2n) is 5.24. The lowest BCUT2D eigenvalue weighted by Gasteiger charge is -2.16. The number of nitrogens with one attached hydrogen (secondary N) is 1. The van der Waals surface area contributed by atoms with E-state index in [0.29, 0.717) is 28.7 Å². The number of carbonyl (C=O) groups excluding carboxylic acids is 1. The van der Waals surface area contributed by atoms with Gasteiger partial charge in [-0.2, -0.15) is 4.31 Å². The number of carbonyl (C=O) groups is 1. The topological polar surface area (TPSA) is 75.7 Å². The molecule has 2 atom stereocenters. The number of halogens is 1. The summed E-state index contributed by atoms with van der Waals surface area (Å²) in [5.74, 6) is 0.249. The molecule has 0 radical (unpaired) electrons. The van der Waals surface area contributed by atoms with Crippen LogP contribution >= 0.6 is 27.3 Å². The Bertz CT molecular complexity index is 661. The minimum atomic E-state index is -3.57. The number of esters is 1. The van der Waals surface area contributed by atoms with Gasteiger partial charge in [0.05, 0.1) is 10.9 Å². The summed E-state index contributed by atoms with van der Waals surface area (Å²) in [5, 5.41) is 3.28. The molecule has 9 heteroatoms. The highest BCUT2D eigenvalue weighted by molar-refractivity contribution is 9.11. The Hall–Kier alpha value is -0.480. The van der Waals surface area contributed by atoms with Crippen LogP contribution in [0.5, 0.6) is 0 Å². The van der Waals surface area contributed by atoms with Gasteiger partial charge in [0, 0.05) is 13.1 Å². The van der Waals surface area contributed by atoms with Gasteiger partial charge in [-0.3, -0.25) is 0 Å². The highest BCUT2D eigenvalue weighted by Crippen LogP contribution is 2.37. The first-order chi connectivity index (χ1) is 9.93. The van der Waals surface area contributed by atoms with Crippen LogP contribution in [-0.4, -0.2) is 52.0 Å². The number of sulfonamides is 1. The summed E-state index contributed by atoms with van der Waals surface area (Å²) >= 11 is 4.33. The smallest absolute Gasteiger partial charge is 0.348 e. The predicted octanol–water partition coefficient (Wildman–Crippen LogP) is 1.14. The number of hydrogen-bond acceptors (Lipinski definition) is 6. The van der Waals surface area contributed by atoms with Gasteiger partial charge in [0.2, 0.25) is 10.0 Å². The molecule has 0 spiro atoms. The van der Waals surface area contributed by atoms with Crippen molar-refractivity contribution in [3.05, 3.63) is 14.7 Å². The van der Waals surface area contributed by atoms with Gasteiger partial charge in [0.25, 0.3) is 0 Å². The van der Waals surface area contributed by atoms with E-state index in [1.54, 1.807) is 0 Å². The molecule has 21 heavy (non-hydrogen) atoms. The van der Waals surface area contributed by atoms with Gasteiger partial charge in [-0.25, -0.2) is 13.2 Å². The highest BCUT2D eigenvalue weighted by atomic mass is 79.9. The van der Waals surface area contributed by atoms with Gasteiger partial charge in [0.1, 0.15) is 9.77 Å². The van der Waals surface area contributed by atoms with Crippen molar-refractivity contribution in [1.29, 1.82) is 0 Å². The summed E-state index contributed by atoms with van der Waals surface area (Å²) in [6, 6.07) is 1.39. The maximum atomic E-state index is 12.7. The van der Waals surface area contributed by atoms with Crippen molar-refractivity contribution < 1.29 is 17.9 Å². The van der Waals surface area contributed by atoms with E-state index < -0.39 is 16.0 Å². The normalized spacial score (nSPS) is 26.0. The fourth-order valence-electron chi connectivity index (χ4n) is 2.88. The second kappa shape index (κ2) is 5.62. The lowest BCUT2D eigenvalue weighted by molar-refractivity contribution is 0.0606. The number of ether oxygens (including phenoxy) is 1. The molecule has 0 saturated carbocycles. The third kappa shape index (κ3) is 2.65. The molecular weight excluding hydrogens is 380 g/mol. The van der Waals surface area contributed by atoms with E-state index >= 15 is 0 Å². The van der Waals surface area contributed by atoms with Crippen LogP contribution in [0.3, 0.4) is 0 Å². The zero-order valence-corrected chi connectivity index (χ0v) is 14.6. The molecule has 1 aromatic heterocycles. The first kappa shape index (κ1) is 15.4. The van der Waals surface area contributed by atoms with Crippen molar-refractivity contribution in [1.82, 2.24) is 9.62 Å². The summed E-state index contributed by atoms with van der Waals surface area (Å²) in [7, 11) is -2.29. The van der Waals surface area contributed by atoms with Gasteiger partial charge < -0.3 is 10.1 Å². The van der Waals surface area contributed by atoms with E-state index in [4.69, 9.17) is 0 Å². The van der Waals surface area contributed by atoms with Crippen LogP contribution in [0.2, 0.25) is 0 Å². The van der Waals surface area contributed by atoms with Gasteiger partial charge >= 0.3 is 5.97 Å². The number of hydrogen-bond donors (Lipinski definition) is 1. The SMILES string of the molecule is COC(=O)c1cc(S(=O)(=O)N2C[C@H]3CNC[C@H]3C2)c(Br)s1. The summed E-state index contributed by atoms with van der Waals surface area (Å²) in [6.07, 6.45) is 0. The average molecular weight is 395 g/mol. The molecule has 0 amide bonds. The first-order valence-electron chi connectivity index (χ1n) is 6.52. The number of methoxy groups -OCH3 is 1. The maximum absolute atomic E-state index is 12.7. The summed E-state index contributed by atoms with van der Waals surface area (Å²) in [4.78, 5) is 12.0. The number of rotatable bonds is 3. The molecule has 6 nitrogen and oxygen atoms in total. The molecule has 0 aliphatic carbocycles. The van der Waals surface area contributed by atoms with E-state index in [9.17, 15) is 13.2 Å². The fraction of sp³-hybridized carbons (Fsp3) is 0.583. The molecule has 3 heterocycles. The maximum Gasteiger partial charge on any atom is 0.348 e. The minimum Gasteiger partial charge on any atom is -0.465 e. The number of fused-ring (bicyclic) bond motifs is 1. The summed E-state index contributed by atoms with van der Waals surface area (Å²) in [5.41, 5.74) is 0. The summed E-state index contributed by atoms with van der Waals surface area (Å²) in [6.45, 7) is 2.81. The monoisotopic (exact) mass is 394 g/mol. The Morgan fingerprint density at radius 1 is 1.43 bits per heavy atom. The van der Waals surface area contributed by atoms with Crippen molar-refractivity contribution in [3.63, 3.8) is 0 Å². The molecule has 1 N–H and O–H groups in total. The van der Waals surface area contributed by atoms with Crippen molar-refractivity contribution in [3.8, 4) is 0 Å². The van der Waals surface area contributed by atoms with E-state index in [2.05, 4.69) is 26.0 Å². The van der Waals surface area contributed by atoms with Gasteiger partial charge in [-0.05, 0) is 46.9 Å². The third-order valence-corrected chi connectivity index (χ3v) is 8.08. The van der Waals surface area contributed by atoms with E-state index in [1.807, 2.05) is 0 Å². The van der Waals surface area contributed by atoms with Gasteiger partial charge in [-0.1, -0.05) is 0 Å². The standard InChI is InChI=1S/C12H15BrN2O4S2/c1-19-12(16)9-2-10(11(13)20-9)21(17,18)15-5-7-3-14-4-8(7)6-15/h2,7-8,14H,3-6H2,1H3/t7-,8+. The van der Waals surface area contributed by atoms with Crippen LogP contribution in [0.4, 0.5) is 0 Å². The van der Waals surface area contributed by atoms with Crippen LogP contribution in [0.15, 0.2) is 14.7 Å². The van der Waals surface area contributed by atoms with Crippen LogP contribution in [0.1, 0.15) is 9.67 Å². The largest absolute Gasteiger partial charge is 0.465 e. The Kier molecular flexibility index (Phi) is 4.12. The van der Waals surface area contributed by atoms with Crippen LogP contribution in [0, 0.1) is 11.8 Å². The Balaban J connectivity index is 1.89. The molecule has 3 rings (SSSR count). The molecule has 0 aromatic carbocycles. The summed E-state index contributed by atoms with van der Waals surface area (Å²) < 4.78 is 32.1. The molecule has 2 saturated heterocycles. The van der Waals surface area contributed by atoms with Crippen molar-refractivity contribution >= 4 is 43.3 Å². The molecule has 2 fully saturated rings. The molecular formula is C12H15BrN2O4S2. The van der Waals surface area contributed by atoms with Crippen LogP contribution in [-0.2, 0) is 14.8 Å². The molecule has 2 aliphatic rings. The fourth-order valence-corrected chi connectivity index (χ4v) is 6.86. The molecule has 2 aliphatic heterocycles. The predicted molar refractivity (Wildman–Crippen MR) is 82.0 cm³/mol. The van der Waals surface area contributed by atoms with Crippen molar-refractivity contribution in [2.24, 2.45) is 11.8 Å². The van der Waals surface area contributed by atoms with Crippen molar-refractivity contribution in [2.45, 2.75) is 4.90 Å². The quantitative estimate of drug-likeness (QED) is 0.777. The van der Waals surface area contributed by atoms with E-state index in [-0.39, 0.29) is 9.77 Å². The molecule has 0 bridgehead atoms. The van der Waals surface area contributed by atoms with Crippen LogP contribution < -0.4 is 5.32 Å². The first-order valence-corrected chi connectivity index (χ1v) is 9.57. The zero-order valence-electron chi connectivity index (χ0n) is 11.3. The lowest BCUT2D eigenvalue weighted by atomic mass is 10.0. The Labute approximate surface area is 135 Å². The zero-order chi connectivity index (χ0) is 15.2. The highest BCUT2D eigenvalue weighted by Gasteiger charge is 2.42. The molecule has 1 aromatic rings. The lowest BCUT2D eigenvalue weighted by Crippen LogP contribution is -2.31. The van der Waals surface area contributed by atoms with Gasteiger partial charge in [0.15, 0.2) is 0 Å². The second-order valence-corrected chi connectivity index (χ2v) is 9.52. The molecule has 116 valence electrons. The average Bonchev–Trinajstić information content (AvgIpc) is 3.10.